The minimum Gasteiger partial charge on any atom is -0.373 e. The van der Waals surface area contributed by atoms with Crippen LogP contribution in [0.15, 0.2) is 0 Å². The monoisotopic (exact) mass is 236 g/mol. The molecule has 4 rings (SSSR count). The first-order valence-electron chi connectivity index (χ1n) is 7.47. The molecule has 1 N–H and O–H groups in total. The minimum atomic E-state index is 0.533. The summed E-state index contributed by atoms with van der Waals surface area (Å²) in [6.07, 6.45) is 9.18. The molecule has 0 aromatic rings. The maximum absolute atomic E-state index is 5.93. The largest absolute Gasteiger partial charge is 0.373 e. The molecular weight excluding hydrogens is 212 g/mol. The van der Waals surface area contributed by atoms with E-state index in [0.717, 1.165) is 18.1 Å². The number of hydrogen-bond donors (Lipinski definition) is 1. The van der Waals surface area contributed by atoms with Crippen molar-refractivity contribution in [3.63, 3.8) is 0 Å². The molecule has 5 atom stereocenters. The van der Waals surface area contributed by atoms with Crippen molar-refractivity contribution in [1.29, 1.82) is 0 Å². The van der Waals surface area contributed by atoms with Gasteiger partial charge in [-0.05, 0) is 45.4 Å². The van der Waals surface area contributed by atoms with E-state index in [4.69, 9.17) is 4.74 Å². The summed E-state index contributed by atoms with van der Waals surface area (Å²) >= 11 is 0. The van der Waals surface area contributed by atoms with Gasteiger partial charge in [0.05, 0.1) is 12.2 Å². The van der Waals surface area contributed by atoms with Crippen molar-refractivity contribution in [3.8, 4) is 0 Å². The highest BCUT2D eigenvalue weighted by Crippen LogP contribution is 2.37. The van der Waals surface area contributed by atoms with Crippen LogP contribution in [0, 0.1) is 0 Å². The molecule has 17 heavy (non-hydrogen) atoms. The molecule has 1 saturated carbocycles. The normalized spacial score (nSPS) is 50.3. The Morgan fingerprint density at radius 1 is 1.12 bits per heavy atom. The Bertz CT molecular complexity index is 305. The third kappa shape index (κ3) is 1.92. The zero-order valence-corrected chi connectivity index (χ0v) is 10.8. The van der Waals surface area contributed by atoms with Gasteiger partial charge in [0.2, 0.25) is 0 Å². The molecule has 3 heterocycles. The third-order valence-corrected chi connectivity index (χ3v) is 5.19. The molecule has 0 aromatic heterocycles. The molecule has 3 saturated heterocycles. The fraction of sp³-hybridized carbons (Fsp3) is 1.00. The fourth-order valence-corrected chi connectivity index (χ4v) is 4.21. The number of nitrogens with one attached hydrogen (secondary N) is 1. The molecule has 3 heteroatoms. The molecule has 0 amide bonds. The van der Waals surface area contributed by atoms with Crippen LogP contribution >= 0.6 is 0 Å². The van der Waals surface area contributed by atoms with Gasteiger partial charge in [0.15, 0.2) is 0 Å². The van der Waals surface area contributed by atoms with E-state index in [1.807, 2.05) is 0 Å². The molecule has 96 valence electrons. The highest BCUT2D eigenvalue weighted by Gasteiger charge is 2.44. The van der Waals surface area contributed by atoms with Crippen LogP contribution in [-0.4, -0.2) is 47.8 Å². The summed E-state index contributed by atoms with van der Waals surface area (Å²) in [6, 6.07) is 3.09. The van der Waals surface area contributed by atoms with Crippen LogP contribution in [0.1, 0.15) is 45.4 Å². The van der Waals surface area contributed by atoms with Crippen molar-refractivity contribution < 1.29 is 4.74 Å². The lowest BCUT2D eigenvalue weighted by Crippen LogP contribution is -2.45. The second kappa shape index (κ2) is 3.94. The summed E-state index contributed by atoms with van der Waals surface area (Å²) in [5, 5.41) is 3.89. The Morgan fingerprint density at radius 2 is 2.00 bits per heavy atom. The zero-order valence-electron chi connectivity index (χ0n) is 10.8. The number of likely N-dealkylation sites (tertiary alicyclic amines) is 1. The first kappa shape index (κ1) is 10.8. The lowest BCUT2D eigenvalue weighted by atomic mass is 9.94. The lowest BCUT2D eigenvalue weighted by molar-refractivity contribution is 0.0960. The van der Waals surface area contributed by atoms with Crippen molar-refractivity contribution in [3.05, 3.63) is 0 Å². The van der Waals surface area contributed by atoms with Gasteiger partial charge in [-0.2, -0.15) is 0 Å². The Balaban J connectivity index is 1.34. The first-order chi connectivity index (χ1) is 8.29. The maximum atomic E-state index is 5.93. The van der Waals surface area contributed by atoms with Crippen molar-refractivity contribution >= 4 is 0 Å². The summed E-state index contributed by atoms with van der Waals surface area (Å²) in [5.74, 6) is 0. The molecule has 0 aromatic carbocycles. The van der Waals surface area contributed by atoms with Crippen LogP contribution in [0.5, 0.6) is 0 Å². The summed E-state index contributed by atoms with van der Waals surface area (Å²) in [6.45, 7) is 3.68. The Morgan fingerprint density at radius 3 is 2.65 bits per heavy atom. The molecule has 3 nitrogen and oxygen atoms in total. The molecule has 5 unspecified atom stereocenters. The number of nitrogens with zero attached hydrogens (tertiary/aromatic N) is 1. The van der Waals surface area contributed by atoms with Crippen LogP contribution in [0.25, 0.3) is 0 Å². The van der Waals surface area contributed by atoms with Crippen molar-refractivity contribution in [1.82, 2.24) is 10.2 Å². The average molecular weight is 236 g/mol. The molecular formula is C14H24N2O. The van der Waals surface area contributed by atoms with E-state index in [2.05, 4.69) is 17.1 Å². The third-order valence-electron chi connectivity index (χ3n) is 5.19. The van der Waals surface area contributed by atoms with Crippen molar-refractivity contribution in [2.75, 3.05) is 6.54 Å². The maximum Gasteiger partial charge on any atom is 0.0733 e. The molecule has 2 bridgehead atoms. The van der Waals surface area contributed by atoms with E-state index in [1.165, 1.54) is 45.1 Å². The Labute approximate surface area is 104 Å². The van der Waals surface area contributed by atoms with E-state index in [-0.39, 0.29) is 0 Å². The first-order valence-corrected chi connectivity index (χ1v) is 7.47. The van der Waals surface area contributed by atoms with E-state index in [1.54, 1.807) is 0 Å². The topological polar surface area (TPSA) is 24.5 Å². The van der Waals surface area contributed by atoms with Gasteiger partial charge in [0.1, 0.15) is 0 Å². The summed E-state index contributed by atoms with van der Waals surface area (Å²) < 4.78 is 5.93. The number of ether oxygens (including phenoxy) is 1. The average Bonchev–Trinajstić information content (AvgIpc) is 2.78. The molecule has 0 radical (unpaired) electrons. The van der Waals surface area contributed by atoms with Gasteiger partial charge in [-0.15, -0.1) is 0 Å². The van der Waals surface area contributed by atoms with Gasteiger partial charge >= 0.3 is 0 Å². The van der Waals surface area contributed by atoms with Crippen LogP contribution in [0.2, 0.25) is 0 Å². The zero-order chi connectivity index (χ0) is 11.4. The summed E-state index contributed by atoms with van der Waals surface area (Å²) in [5.41, 5.74) is 0. The van der Waals surface area contributed by atoms with Crippen LogP contribution in [-0.2, 0) is 4.74 Å². The van der Waals surface area contributed by atoms with Crippen LogP contribution in [0.4, 0.5) is 0 Å². The smallest absolute Gasteiger partial charge is 0.0733 e. The minimum absolute atomic E-state index is 0.533. The lowest BCUT2D eigenvalue weighted by Gasteiger charge is -2.24. The molecule has 4 aliphatic rings. The molecule has 0 spiro atoms. The highest BCUT2D eigenvalue weighted by molar-refractivity contribution is 5.00. The number of rotatable bonds is 3. The molecule has 1 aliphatic carbocycles. The summed E-state index contributed by atoms with van der Waals surface area (Å²) in [7, 11) is 0. The van der Waals surface area contributed by atoms with E-state index >= 15 is 0 Å². The van der Waals surface area contributed by atoms with E-state index in [0.29, 0.717) is 18.2 Å². The van der Waals surface area contributed by atoms with E-state index in [9.17, 15) is 0 Å². The van der Waals surface area contributed by atoms with Gasteiger partial charge < -0.3 is 10.1 Å². The predicted octanol–water partition coefficient (Wildman–Crippen LogP) is 1.52. The van der Waals surface area contributed by atoms with Gasteiger partial charge in [-0.25, -0.2) is 0 Å². The van der Waals surface area contributed by atoms with Crippen molar-refractivity contribution in [2.24, 2.45) is 0 Å². The van der Waals surface area contributed by atoms with Gasteiger partial charge in [0.25, 0.3) is 0 Å². The van der Waals surface area contributed by atoms with Gasteiger partial charge in [0, 0.05) is 30.7 Å². The second-order valence-electron chi connectivity index (χ2n) is 6.59. The van der Waals surface area contributed by atoms with Crippen LogP contribution in [0.3, 0.4) is 0 Å². The Hall–Kier alpha value is -0.120. The predicted molar refractivity (Wildman–Crippen MR) is 67.0 cm³/mol. The van der Waals surface area contributed by atoms with E-state index < -0.39 is 0 Å². The second-order valence-corrected chi connectivity index (χ2v) is 6.59. The van der Waals surface area contributed by atoms with Gasteiger partial charge in [-0.1, -0.05) is 0 Å². The highest BCUT2D eigenvalue weighted by atomic mass is 16.5. The Kier molecular flexibility index (Phi) is 2.50. The summed E-state index contributed by atoms with van der Waals surface area (Å²) in [4.78, 5) is 2.73. The van der Waals surface area contributed by atoms with Crippen LogP contribution < -0.4 is 5.32 Å². The van der Waals surface area contributed by atoms with Gasteiger partial charge in [-0.3, -0.25) is 4.90 Å². The quantitative estimate of drug-likeness (QED) is 0.804. The number of hydrogen-bond acceptors (Lipinski definition) is 3. The standard InChI is InChI=1S/C14H24N2O/c1-9-6-10(8-16(9)11-2-3-11)15-13-7-12-4-5-14(13)17-12/h9-15H,2-8H2,1H3. The SMILES string of the molecule is CC1CC(NC2CC3CCC2O3)CN1C1CC1. The number of fused-ring (bicyclic) bond motifs is 2. The fourth-order valence-electron chi connectivity index (χ4n) is 4.21. The van der Waals surface area contributed by atoms with Crippen molar-refractivity contribution in [2.45, 2.75) is 81.8 Å². The molecule has 3 aliphatic heterocycles. The molecule has 4 fully saturated rings.